The van der Waals surface area contributed by atoms with Gasteiger partial charge in [0.25, 0.3) is 5.91 Å². The predicted octanol–water partition coefficient (Wildman–Crippen LogP) is 2.08. The van der Waals surface area contributed by atoms with Crippen LogP contribution < -0.4 is 0 Å². The number of rotatable bonds is 4. The molecule has 124 valence electrons. The highest BCUT2D eigenvalue weighted by atomic mass is 32.1. The largest absolute Gasteiger partial charge is 0.438 e. The van der Waals surface area contributed by atoms with E-state index in [1.807, 2.05) is 22.4 Å². The first-order chi connectivity index (χ1) is 11.8. The van der Waals surface area contributed by atoms with Gasteiger partial charge in [-0.3, -0.25) is 14.8 Å². The topological polar surface area (TPSA) is 78.3 Å². The Labute approximate surface area is 142 Å². The molecule has 1 amide bonds. The van der Waals surface area contributed by atoms with E-state index in [1.165, 1.54) is 0 Å². The van der Waals surface area contributed by atoms with Crippen LogP contribution in [-0.2, 0) is 6.54 Å². The van der Waals surface area contributed by atoms with Gasteiger partial charge < -0.3 is 9.32 Å². The summed E-state index contributed by atoms with van der Waals surface area (Å²) in [5, 5.41) is 8.53. The lowest BCUT2D eigenvalue weighted by Crippen LogP contribution is -2.48. The lowest BCUT2D eigenvalue weighted by molar-refractivity contribution is 0.0618. The molecule has 8 heteroatoms. The molecular formula is C16H17N5O2S. The Morgan fingerprint density at radius 3 is 2.88 bits per heavy atom. The summed E-state index contributed by atoms with van der Waals surface area (Å²) in [5.74, 6) is 1.56. The van der Waals surface area contributed by atoms with Crippen LogP contribution in [0, 0.1) is 0 Å². The molecule has 1 fully saturated rings. The third kappa shape index (κ3) is 3.10. The predicted molar refractivity (Wildman–Crippen MR) is 89.6 cm³/mol. The third-order valence-corrected chi connectivity index (χ3v) is 4.97. The van der Waals surface area contributed by atoms with Gasteiger partial charge in [-0.1, -0.05) is 6.07 Å². The van der Waals surface area contributed by atoms with Crippen LogP contribution in [0.15, 0.2) is 40.5 Å². The number of oxazole rings is 1. The Kier molecular flexibility index (Phi) is 4.14. The zero-order valence-electron chi connectivity index (χ0n) is 13.0. The maximum absolute atomic E-state index is 12.3. The van der Waals surface area contributed by atoms with Gasteiger partial charge in [0, 0.05) is 32.4 Å². The average Bonchev–Trinajstić information content (AvgIpc) is 3.36. The summed E-state index contributed by atoms with van der Waals surface area (Å²) >= 11 is 1.64. The van der Waals surface area contributed by atoms with Gasteiger partial charge >= 0.3 is 0 Å². The lowest BCUT2D eigenvalue weighted by Gasteiger charge is -2.33. The maximum atomic E-state index is 12.3. The van der Waals surface area contributed by atoms with Gasteiger partial charge in [-0.25, -0.2) is 4.98 Å². The number of thiophene rings is 1. The Morgan fingerprint density at radius 1 is 1.29 bits per heavy atom. The normalized spacial score (nSPS) is 15.8. The number of hydrogen-bond acceptors (Lipinski definition) is 6. The second-order valence-corrected chi connectivity index (χ2v) is 6.60. The molecule has 0 bridgehead atoms. The van der Waals surface area contributed by atoms with Gasteiger partial charge in [0.05, 0.1) is 29.4 Å². The van der Waals surface area contributed by atoms with Crippen molar-refractivity contribution >= 4 is 17.2 Å². The summed E-state index contributed by atoms with van der Waals surface area (Å²) in [6.07, 6.45) is 4.97. The van der Waals surface area contributed by atoms with Crippen molar-refractivity contribution < 1.29 is 9.21 Å². The molecule has 4 rings (SSSR count). The van der Waals surface area contributed by atoms with Gasteiger partial charge in [-0.05, 0) is 11.4 Å². The molecule has 0 unspecified atom stereocenters. The molecule has 0 radical (unpaired) electrons. The van der Waals surface area contributed by atoms with Crippen LogP contribution in [0.25, 0.3) is 10.6 Å². The quantitative estimate of drug-likeness (QED) is 0.785. The van der Waals surface area contributed by atoms with E-state index in [4.69, 9.17) is 4.42 Å². The van der Waals surface area contributed by atoms with Crippen LogP contribution in [0.3, 0.4) is 0 Å². The van der Waals surface area contributed by atoms with Crippen LogP contribution >= 0.6 is 11.3 Å². The summed E-state index contributed by atoms with van der Waals surface area (Å²) < 4.78 is 5.83. The van der Waals surface area contributed by atoms with Gasteiger partial charge in [0.1, 0.15) is 0 Å². The van der Waals surface area contributed by atoms with Gasteiger partial charge in [-0.15, -0.1) is 11.3 Å². The number of piperazine rings is 1. The highest BCUT2D eigenvalue weighted by Crippen LogP contribution is 2.25. The standard InChI is InChI=1S/C16H17N5O2S/c22-16(12-8-18-19-9-12)21-5-3-20(4-6-21)11-15-17-10-13(23-15)14-2-1-7-24-14/h1-2,7-10H,3-6,11H2,(H,18,19). The van der Waals surface area contributed by atoms with E-state index in [9.17, 15) is 4.79 Å². The molecule has 1 saturated heterocycles. The fraction of sp³-hybridized carbons (Fsp3) is 0.312. The molecule has 7 nitrogen and oxygen atoms in total. The fourth-order valence-corrected chi connectivity index (χ4v) is 3.44. The van der Waals surface area contributed by atoms with Crippen LogP contribution in [0.1, 0.15) is 16.2 Å². The first-order valence-corrected chi connectivity index (χ1v) is 8.66. The van der Waals surface area contributed by atoms with Gasteiger partial charge in [0.15, 0.2) is 5.76 Å². The molecule has 0 atom stereocenters. The van der Waals surface area contributed by atoms with Gasteiger partial charge in [0.2, 0.25) is 5.89 Å². The summed E-state index contributed by atoms with van der Waals surface area (Å²) in [5.41, 5.74) is 0.608. The summed E-state index contributed by atoms with van der Waals surface area (Å²) in [7, 11) is 0. The van der Waals surface area contributed by atoms with E-state index >= 15 is 0 Å². The number of nitrogens with one attached hydrogen (secondary N) is 1. The monoisotopic (exact) mass is 343 g/mol. The molecule has 3 aromatic rings. The van der Waals surface area contributed by atoms with Crippen molar-refractivity contribution in [3.63, 3.8) is 0 Å². The van der Waals surface area contributed by atoms with Crippen molar-refractivity contribution in [1.29, 1.82) is 0 Å². The number of H-pyrrole nitrogens is 1. The number of carbonyl (C=O) groups is 1. The van der Waals surface area contributed by atoms with E-state index < -0.39 is 0 Å². The summed E-state index contributed by atoms with van der Waals surface area (Å²) in [6, 6.07) is 4.02. The Bertz CT molecular complexity index is 788. The van der Waals surface area contributed by atoms with E-state index in [0.717, 1.165) is 23.7 Å². The third-order valence-electron chi connectivity index (χ3n) is 4.08. The molecule has 4 heterocycles. The minimum atomic E-state index is 0.0273. The number of amides is 1. The first kappa shape index (κ1) is 15.1. The van der Waals surface area contributed by atoms with E-state index in [2.05, 4.69) is 20.1 Å². The van der Waals surface area contributed by atoms with Crippen LogP contribution in [0.2, 0.25) is 0 Å². The van der Waals surface area contributed by atoms with E-state index in [-0.39, 0.29) is 5.91 Å². The fourth-order valence-electron chi connectivity index (χ4n) is 2.77. The zero-order chi connectivity index (χ0) is 16.4. The molecule has 1 N–H and O–H groups in total. The summed E-state index contributed by atoms with van der Waals surface area (Å²) in [6.45, 7) is 3.67. The molecule has 24 heavy (non-hydrogen) atoms. The number of hydrogen-bond donors (Lipinski definition) is 1. The van der Waals surface area contributed by atoms with E-state index in [0.29, 0.717) is 31.1 Å². The summed E-state index contributed by atoms with van der Waals surface area (Å²) in [4.78, 5) is 21.8. The minimum absolute atomic E-state index is 0.0273. The highest BCUT2D eigenvalue weighted by molar-refractivity contribution is 7.13. The SMILES string of the molecule is O=C(c1cn[nH]c1)N1CCN(Cc2ncc(-c3cccs3)o2)CC1. The van der Waals surface area contributed by atoms with Crippen LogP contribution in [0.4, 0.5) is 0 Å². The number of carbonyl (C=O) groups excluding carboxylic acids is 1. The molecule has 1 aliphatic rings. The second kappa shape index (κ2) is 6.58. The first-order valence-electron chi connectivity index (χ1n) is 7.78. The highest BCUT2D eigenvalue weighted by Gasteiger charge is 2.23. The Hall–Kier alpha value is -2.45. The molecule has 3 aromatic heterocycles. The van der Waals surface area contributed by atoms with Crippen LogP contribution in [0.5, 0.6) is 0 Å². The van der Waals surface area contributed by atoms with Crippen molar-refractivity contribution in [1.82, 2.24) is 25.0 Å². The van der Waals surface area contributed by atoms with Gasteiger partial charge in [-0.2, -0.15) is 5.10 Å². The minimum Gasteiger partial charge on any atom is -0.438 e. The van der Waals surface area contributed by atoms with Crippen LogP contribution in [-0.4, -0.2) is 57.1 Å². The van der Waals surface area contributed by atoms with E-state index in [1.54, 1.807) is 29.9 Å². The number of nitrogens with zero attached hydrogens (tertiary/aromatic N) is 4. The average molecular weight is 343 g/mol. The maximum Gasteiger partial charge on any atom is 0.257 e. The van der Waals surface area contributed by atoms with Crippen molar-refractivity contribution in [2.24, 2.45) is 0 Å². The molecule has 1 aliphatic heterocycles. The second-order valence-electron chi connectivity index (χ2n) is 5.65. The van der Waals surface area contributed by atoms with Crippen molar-refractivity contribution in [2.45, 2.75) is 6.54 Å². The van der Waals surface area contributed by atoms with Crippen molar-refractivity contribution in [3.8, 4) is 10.6 Å². The molecule has 0 spiro atoms. The number of aromatic amines is 1. The molecule has 0 saturated carbocycles. The van der Waals surface area contributed by atoms with Crippen molar-refractivity contribution in [2.75, 3.05) is 26.2 Å². The Balaban J connectivity index is 1.33. The smallest absolute Gasteiger partial charge is 0.257 e. The molecule has 0 aromatic carbocycles. The van der Waals surface area contributed by atoms with Crippen molar-refractivity contribution in [3.05, 3.63) is 47.6 Å². The molecular weight excluding hydrogens is 326 g/mol. The zero-order valence-corrected chi connectivity index (χ0v) is 13.8. The Morgan fingerprint density at radius 2 is 2.17 bits per heavy atom. The molecule has 0 aliphatic carbocycles. The lowest BCUT2D eigenvalue weighted by atomic mass is 10.2. The number of aromatic nitrogens is 3.